The zero-order valence-electron chi connectivity index (χ0n) is 18.3. The van der Waals surface area contributed by atoms with Gasteiger partial charge in [-0.25, -0.2) is 0 Å². The van der Waals surface area contributed by atoms with Crippen LogP contribution in [0.5, 0.6) is 0 Å². The van der Waals surface area contributed by atoms with Crippen molar-refractivity contribution < 1.29 is 13.5 Å². The third kappa shape index (κ3) is 6.31. The fraction of sp³-hybridized carbons (Fsp3) is 0.900. The van der Waals surface area contributed by atoms with Gasteiger partial charge in [0.1, 0.15) is 0 Å². The molecule has 0 amide bonds. The first-order valence-corrected chi connectivity index (χ1v) is 14.3. The number of sulfone groups is 1. The van der Waals surface area contributed by atoms with Crippen molar-refractivity contribution in [1.29, 1.82) is 0 Å². The first kappa shape index (κ1) is 24.4. The number of rotatable bonds is 9. The summed E-state index contributed by atoms with van der Waals surface area (Å²) in [5.41, 5.74) is 0.642. The standard InChI is InChI=1S/C20H36N3O3S.Tl/c1-7-20(6,13-24)12-23(11-19(4,5)8-15(2)3)18-16-9-27(25,26)10-17(16)21-14-22-18;/h15-16,18,24H,7-13H2,1-6H3;. The maximum absolute atomic E-state index is 12.3. The molecule has 0 spiro atoms. The van der Waals surface area contributed by atoms with Crippen molar-refractivity contribution >= 4 is 44.7 Å². The van der Waals surface area contributed by atoms with Gasteiger partial charge >= 0.3 is 188 Å². The molecule has 2 aliphatic rings. The van der Waals surface area contributed by atoms with Gasteiger partial charge in [-0.3, -0.25) is 0 Å². The molecule has 2 heterocycles. The molecule has 0 saturated carbocycles. The third-order valence-electron chi connectivity index (χ3n) is 5.90. The van der Waals surface area contributed by atoms with Gasteiger partial charge in [0.15, 0.2) is 0 Å². The Labute approximate surface area is 186 Å². The number of aliphatic hydroxyl groups excluding tert-OH is 1. The summed E-state index contributed by atoms with van der Waals surface area (Å²) in [6.07, 6.45) is 1.76. The number of aliphatic hydroxyl groups is 1. The molecular formula is C20H36N3O3STl. The van der Waals surface area contributed by atoms with Gasteiger partial charge < -0.3 is 0 Å². The van der Waals surface area contributed by atoms with Gasteiger partial charge in [0.05, 0.1) is 0 Å². The van der Waals surface area contributed by atoms with Gasteiger partial charge in [-0.2, -0.15) is 0 Å². The Morgan fingerprint density at radius 3 is 2.46 bits per heavy atom. The first-order valence-electron chi connectivity index (χ1n) is 10.3. The zero-order valence-corrected chi connectivity index (χ0v) is 23.6. The molecule has 0 aromatic rings. The second-order valence-corrected chi connectivity index (χ2v) is 14.3. The average molecular weight is 603 g/mol. The van der Waals surface area contributed by atoms with E-state index in [0.29, 0.717) is 38.2 Å². The van der Waals surface area contributed by atoms with E-state index in [1.165, 1.54) is 0 Å². The van der Waals surface area contributed by atoms with Gasteiger partial charge in [0, 0.05) is 0 Å². The van der Waals surface area contributed by atoms with Gasteiger partial charge in [0.2, 0.25) is 0 Å². The van der Waals surface area contributed by atoms with Crippen molar-refractivity contribution in [3.63, 3.8) is 0 Å². The minimum absolute atomic E-state index is 0.0770. The van der Waals surface area contributed by atoms with Gasteiger partial charge in [0.25, 0.3) is 0 Å². The monoisotopic (exact) mass is 603 g/mol. The summed E-state index contributed by atoms with van der Waals surface area (Å²) in [5, 5.41) is 10.0. The SMILES string of the molecule is CCC(C)(CO)CN(CC(C)(C)CC(C)C)C1N=[C]([Tl])N=C2CS(=O)(=O)CC21. The Morgan fingerprint density at radius 2 is 1.93 bits per heavy atom. The van der Waals surface area contributed by atoms with Crippen molar-refractivity contribution in [3.05, 3.63) is 0 Å². The molecule has 28 heavy (non-hydrogen) atoms. The summed E-state index contributed by atoms with van der Waals surface area (Å²) in [7, 11) is -3.10. The molecule has 3 atom stereocenters. The van der Waals surface area contributed by atoms with Crippen LogP contribution in [0.2, 0.25) is 0 Å². The predicted octanol–water partition coefficient (Wildman–Crippen LogP) is 2.12. The number of nitrogens with zero attached hydrogens (tertiary/aromatic N) is 3. The summed E-state index contributed by atoms with van der Waals surface area (Å²) in [5.74, 6) is 0.652. The minimum atomic E-state index is -3.10. The number of amidine groups is 1. The summed E-state index contributed by atoms with van der Waals surface area (Å²) in [4.78, 5) is 11.8. The third-order valence-corrected chi connectivity index (χ3v) is 8.58. The van der Waals surface area contributed by atoms with Gasteiger partial charge in [-0.05, 0) is 0 Å². The second-order valence-electron chi connectivity index (χ2n) is 10.2. The molecule has 1 N–H and O–H groups in total. The number of hydrogen-bond acceptors (Lipinski definition) is 6. The molecule has 6 nitrogen and oxygen atoms in total. The van der Waals surface area contributed by atoms with E-state index in [4.69, 9.17) is 4.99 Å². The zero-order chi connectivity index (χ0) is 21.3. The van der Waals surface area contributed by atoms with E-state index in [1.807, 2.05) is 0 Å². The molecule has 0 radical (unpaired) electrons. The van der Waals surface area contributed by atoms with Crippen LogP contribution in [-0.2, 0) is 9.84 Å². The van der Waals surface area contributed by atoms with Gasteiger partial charge in [-0.1, -0.05) is 0 Å². The van der Waals surface area contributed by atoms with Crippen LogP contribution in [0, 0.1) is 22.7 Å². The molecule has 2 aliphatic heterocycles. The first-order chi connectivity index (χ1) is 12.8. The van der Waals surface area contributed by atoms with Crippen LogP contribution >= 0.6 is 0 Å². The molecule has 0 aromatic carbocycles. The van der Waals surface area contributed by atoms with Crippen molar-refractivity contribution in [3.8, 4) is 0 Å². The number of aliphatic imine (C=N–C) groups is 2. The van der Waals surface area contributed by atoms with Crippen molar-refractivity contribution in [2.45, 2.75) is 60.5 Å². The molecule has 0 bridgehead atoms. The topological polar surface area (TPSA) is 82.3 Å². The van der Waals surface area contributed by atoms with Crippen LogP contribution in [0.1, 0.15) is 54.4 Å². The van der Waals surface area contributed by atoms with Crippen LogP contribution in [-0.4, -0.2) is 90.7 Å². The molecule has 1 saturated heterocycles. The van der Waals surface area contributed by atoms with E-state index in [2.05, 4.69) is 51.4 Å². The summed E-state index contributed by atoms with van der Waals surface area (Å²) in [6, 6.07) is 0. The molecule has 0 aromatic heterocycles. The maximum atomic E-state index is 12.3. The van der Waals surface area contributed by atoms with E-state index in [-0.39, 0.29) is 41.0 Å². The fourth-order valence-electron chi connectivity index (χ4n) is 4.60. The Kier molecular flexibility index (Phi) is 7.93. The van der Waals surface area contributed by atoms with E-state index in [0.717, 1.165) is 28.5 Å². The summed E-state index contributed by atoms with van der Waals surface area (Å²) >= 11 is 0.477. The van der Waals surface area contributed by atoms with Crippen LogP contribution in [0.3, 0.4) is 0 Å². The molecule has 3 unspecified atom stereocenters. The predicted molar refractivity (Wildman–Crippen MR) is 117 cm³/mol. The Balaban J connectivity index is 2.38. The Morgan fingerprint density at radius 1 is 1.29 bits per heavy atom. The van der Waals surface area contributed by atoms with Crippen LogP contribution < -0.4 is 0 Å². The molecule has 0 aliphatic carbocycles. The van der Waals surface area contributed by atoms with Crippen LogP contribution in [0.4, 0.5) is 0 Å². The second kappa shape index (κ2) is 9.10. The van der Waals surface area contributed by atoms with Crippen LogP contribution in [0.15, 0.2) is 9.98 Å². The van der Waals surface area contributed by atoms with Crippen molar-refractivity contribution in [2.75, 3.05) is 31.2 Å². The van der Waals surface area contributed by atoms with Crippen molar-refractivity contribution in [1.82, 2.24) is 4.90 Å². The summed E-state index contributed by atoms with van der Waals surface area (Å²) < 4.78 is 25.5. The van der Waals surface area contributed by atoms with Crippen LogP contribution in [0.25, 0.3) is 0 Å². The van der Waals surface area contributed by atoms with E-state index >= 15 is 0 Å². The number of hydrogen-bond donors (Lipinski definition) is 1. The quantitative estimate of drug-likeness (QED) is 0.410. The Bertz CT molecular complexity index is 727. The molecule has 2 rings (SSSR count). The van der Waals surface area contributed by atoms with Gasteiger partial charge in [-0.15, -0.1) is 0 Å². The molecular weight excluding hydrogens is 567 g/mol. The summed E-state index contributed by atoms with van der Waals surface area (Å²) in [6.45, 7) is 14.9. The van der Waals surface area contributed by atoms with E-state index in [1.54, 1.807) is 0 Å². The molecule has 158 valence electrons. The fourth-order valence-corrected chi connectivity index (χ4v) is 7.60. The molecule has 1 fully saturated rings. The van der Waals surface area contributed by atoms with Crippen molar-refractivity contribution in [2.24, 2.45) is 32.7 Å². The average Bonchev–Trinajstić information content (AvgIpc) is 2.85. The van der Waals surface area contributed by atoms with E-state index in [9.17, 15) is 13.5 Å². The molecule has 8 heteroatoms. The Hall–Kier alpha value is 0.132. The normalized spacial score (nSPS) is 26.7. The van der Waals surface area contributed by atoms with E-state index < -0.39 is 9.84 Å². The number of fused-ring (bicyclic) bond motifs is 1.